The molecule has 86 valence electrons. The number of pyridine rings is 1. The lowest BCUT2D eigenvalue weighted by atomic mass is 10.2. The number of thiophene rings is 1. The van der Waals surface area contributed by atoms with Gasteiger partial charge in [0.25, 0.3) is 0 Å². The summed E-state index contributed by atoms with van der Waals surface area (Å²) in [7, 11) is 0. The molecule has 2 aromatic heterocycles. The summed E-state index contributed by atoms with van der Waals surface area (Å²) in [6.45, 7) is 2.77. The Labute approximate surface area is 104 Å². The number of rotatable bonds is 3. The van der Waals surface area contributed by atoms with Crippen molar-refractivity contribution in [1.29, 1.82) is 5.26 Å². The Kier molecular flexibility index (Phi) is 3.26. The Hall–Kier alpha value is -2.06. The fourth-order valence-corrected chi connectivity index (χ4v) is 2.29. The first-order valence-corrected chi connectivity index (χ1v) is 6.01. The van der Waals surface area contributed by atoms with Crippen LogP contribution in [0.4, 0.5) is 11.5 Å². The van der Waals surface area contributed by atoms with Crippen LogP contribution < -0.4 is 11.1 Å². The third kappa shape index (κ3) is 2.55. The lowest BCUT2D eigenvalue weighted by Gasteiger charge is -2.07. The molecule has 0 aliphatic carbocycles. The van der Waals surface area contributed by atoms with Gasteiger partial charge in [0.15, 0.2) is 0 Å². The molecule has 3 N–H and O–H groups in total. The number of aromatic nitrogens is 1. The fourth-order valence-electron chi connectivity index (χ4n) is 1.44. The van der Waals surface area contributed by atoms with E-state index in [0.717, 1.165) is 0 Å². The van der Waals surface area contributed by atoms with Crippen molar-refractivity contribution in [2.45, 2.75) is 13.5 Å². The molecule has 0 radical (unpaired) electrons. The average molecular weight is 244 g/mol. The van der Waals surface area contributed by atoms with Crippen LogP contribution in [0.25, 0.3) is 0 Å². The van der Waals surface area contributed by atoms with Crippen LogP contribution in [0.5, 0.6) is 0 Å². The van der Waals surface area contributed by atoms with Crippen molar-refractivity contribution in [1.82, 2.24) is 4.98 Å². The molecule has 0 saturated carbocycles. The lowest BCUT2D eigenvalue weighted by molar-refractivity contribution is 1.12. The molecule has 0 spiro atoms. The molecule has 0 aliphatic heterocycles. The molecule has 2 heterocycles. The minimum Gasteiger partial charge on any atom is -0.396 e. The Balaban J connectivity index is 2.10. The molecule has 0 fully saturated rings. The van der Waals surface area contributed by atoms with Crippen LogP contribution in [-0.4, -0.2) is 4.98 Å². The molecular weight excluding hydrogens is 232 g/mol. The predicted octanol–water partition coefficient (Wildman–Crippen LogP) is 2.52. The zero-order valence-corrected chi connectivity index (χ0v) is 10.2. The van der Waals surface area contributed by atoms with E-state index < -0.39 is 0 Å². The van der Waals surface area contributed by atoms with Gasteiger partial charge in [0.1, 0.15) is 11.9 Å². The van der Waals surface area contributed by atoms with Gasteiger partial charge < -0.3 is 11.1 Å². The minimum absolute atomic E-state index is 0.473. The van der Waals surface area contributed by atoms with E-state index in [1.165, 1.54) is 16.6 Å². The Bertz CT molecular complexity index is 568. The van der Waals surface area contributed by atoms with Crippen LogP contribution >= 0.6 is 11.3 Å². The quantitative estimate of drug-likeness (QED) is 0.870. The summed E-state index contributed by atoms with van der Waals surface area (Å²) in [4.78, 5) is 5.38. The molecule has 5 heteroatoms. The fraction of sp³-hybridized carbons (Fsp3) is 0.167. The van der Waals surface area contributed by atoms with E-state index in [1.54, 1.807) is 17.4 Å². The minimum atomic E-state index is 0.473. The summed E-state index contributed by atoms with van der Waals surface area (Å²) in [6, 6.07) is 5.71. The SMILES string of the molecule is Cc1ccsc1CNc1ncc(C#N)cc1N. The van der Waals surface area contributed by atoms with Gasteiger partial charge in [0, 0.05) is 11.1 Å². The summed E-state index contributed by atoms with van der Waals surface area (Å²) in [5, 5.41) is 13.9. The predicted molar refractivity (Wildman–Crippen MR) is 69.7 cm³/mol. The number of nitrogens with zero attached hydrogens (tertiary/aromatic N) is 2. The van der Waals surface area contributed by atoms with Crippen molar-refractivity contribution < 1.29 is 0 Å². The first-order valence-electron chi connectivity index (χ1n) is 5.13. The maximum atomic E-state index is 8.71. The second-order valence-corrected chi connectivity index (χ2v) is 4.65. The summed E-state index contributed by atoms with van der Waals surface area (Å²) < 4.78 is 0. The summed E-state index contributed by atoms with van der Waals surface area (Å²) in [6.07, 6.45) is 1.51. The lowest BCUT2D eigenvalue weighted by Crippen LogP contribution is -2.04. The summed E-state index contributed by atoms with van der Waals surface area (Å²) >= 11 is 1.70. The Morgan fingerprint density at radius 2 is 2.41 bits per heavy atom. The molecule has 0 saturated heterocycles. The van der Waals surface area contributed by atoms with Gasteiger partial charge in [-0.1, -0.05) is 0 Å². The van der Waals surface area contributed by atoms with Gasteiger partial charge >= 0.3 is 0 Å². The van der Waals surface area contributed by atoms with Gasteiger partial charge in [-0.25, -0.2) is 4.98 Å². The topological polar surface area (TPSA) is 74.7 Å². The number of nitrogens with one attached hydrogen (secondary N) is 1. The van der Waals surface area contributed by atoms with Gasteiger partial charge in [-0.15, -0.1) is 11.3 Å². The van der Waals surface area contributed by atoms with E-state index in [0.29, 0.717) is 23.6 Å². The zero-order chi connectivity index (χ0) is 12.3. The Morgan fingerprint density at radius 3 is 3.00 bits per heavy atom. The zero-order valence-electron chi connectivity index (χ0n) is 9.40. The number of nitrogen functional groups attached to an aromatic ring is 1. The van der Waals surface area contributed by atoms with Gasteiger partial charge in [0.2, 0.25) is 0 Å². The number of nitriles is 1. The third-order valence-electron chi connectivity index (χ3n) is 2.43. The average Bonchev–Trinajstić information content (AvgIpc) is 2.73. The molecule has 0 amide bonds. The maximum Gasteiger partial charge on any atom is 0.149 e. The molecule has 17 heavy (non-hydrogen) atoms. The van der Waals surface area contributed by atoms with Crippen LogP contribution in [0, 0.1) is 18.3 Å². The number of hydrogen-bond acceptors (Lipinski definition) is 5. The van der Waals surface area contributed by atoms with Crippen LogP contribution in [0.3, 0.4) is 0 Å². The monoisotopic (exact) mass is 244 g/mol. The molecule has 4 nitrogen and oxygen atoms in total. The maximum absolute atomic E-state index is 8.71. The van der Waals surface area contributed by atoms with Crippen molar-refractivity contribution in [3.8, 4) is 6.07 Å². The van der Waals surface area contributed by atoms with Crippen LogP contribution in [0.15, 0.2) is 23.7 Å². The van der Waals surface area contributed by atoms with Crippen LogP contribution in [-0.2, 0) is 6.54 Å². The number of aryl methyl sites for hydroxylation is 1. The van der Waals surface area contributed by atoms with Gasteiger partial charge in [-0.3, -0.25) is 0 Å². The third-order valence-corrected chi connectivity index (χ3v) is 3.45. The van der Waals surface area contributed by atoms with E-state index in [2.05, 4.69) is 28.7 Å². The molecule has 2 rings (SSSR count). The second kappa shape index (κ2) is 4.85. The van der Waals surface area contributed by atoms with E-state index in [1.807, 2.05) is 6.07 Å². The molecule has 0 aliphatic rings. The van der Waals surface area contributed by atoms with E-state index in [9.17, 15) is 0 Å². The standard InChI is InChI=1S/C12H12N4S/c1-8-2-3-17-11(8)7-16-12-10(14)4-9(5-13)6-15-12/h2-4,6H,7,14H2,1H3,(H,15,16). The van der Waals surface area contributed by atoms with E-state index >= 15 is 0 Å². The molecule has 0 atom stereocenters. The molecular formula is C12H12N4S. The molecule has 0 aromatic carbocycles. The van der Waals surface area contributed by atoms with Crippen LogP contribution in [0.1, 0.15) is 16.0 Å². The van der Waals surface area contributed by atoms with E-state index in [-0.39, 0.29) is 0 Å². The summed E-state index contributed by atoms with van der Waals surface area (Å²) in [5.41, 5.74) is 8.03. The van der Waals surface area contributed by atoms with Crippen molar-refractivity contribution in [2.75, 3.05) is 11.1 Å². The van der Waals surface area contributed by atoms with Crippen LogP contribution in [0.2, 0.25) is 0 Å². The van der Waals surface area contributed by atoms with Crippen molar-refractivity contribution in [3.63, 3.8) is 0 Å². The molecule has 0 bridgehead atoms. The van der Waals surface area contributed by atoms with E-state index in [4.69, 9.17) is 11.0 Å². The second-order valence-electron chi connectivity index (χ2n) is 3.65. The highest BCUT2D eigenvalue weighted by atomic mass is 32.1. The first kappa shape index (κ1) is 11.4. The smallest absolute Gasteiger partial charge is 0.149 e. The highest BCUT2D eigenvalue weighted by molar-refractivity contribution is 7.10. The molecule has 2 aromatic rings. The normalized spacial score (nSPS) is 9.88. The molecule has 0 unspecified atom stereocenters. The Morgan fingerprint density at radius 1 is 1.59 bits per heavy atom. The van der Waals surface area contributed by atoms with Crippen molar-refractivity contribution in [3.05, 3.63) is 39.7 Å². The van der Waals surface area contributed by atoms with Crippen molar-refractivity contribution >= 4 is 22.8 Å². The highest BCUT2D eigenvalue weighted by Crippen LogP contribution is 2.20. The number of hydrogen-bond donors (Lipinski definition) is 2. The van der Waals surface area contributed by atoms with Gasteiger partial charge in [-0.05, 0) is 30.0 Å². The highest BCUT2D eigenvalue weighted by Gasteiger charge is 2.04. The largest absolute Gasteiger partial charge is 0.396 e. The van der Waals surface area contributed by atoms with Crippen molar-refractivity contribution in [2.24, 2.45) is 0 Å². The first-order chi connectivity index (χ1) is 8.20. The number of nitrogens with two attached hydrogens (primary N) is 1. The van der Waals surface area contributed by atoms with Gasteiger partial charge in [0.05, 0.1) is 17.8 Å². The number of anilines is 2. The van der Waals surface area contributed by atoms with Gasteiger partial charge in [-0.2, -0.15) is 5.26 Å². The summed E-state index contributed by atoms with van der Waals surface area (Å²) in [5.74, 6) is 0.622.